The van der Waals surface area contributed by atoms with Crippen molar-refractivity contribution in [3.05, 3.63) is 52.7 Å². The molecule has 0 radical (unpaired) electrons. The summed E-state index contributed by atoms with van der Waals surface area (Å²) in [6.07, 6.45) is 0. The van der Waals surface area contributed by atoms with E-state index in [9.17, 15) is 24.0 Å². The second kappa shape index (κ2) is 9.00. The summed E-state index contributed by atoms with van der Waals surface area (Å²) in [4.78, 5) is 65.7. The zero-order valence-electron chi connectivity index (χ0n) is 17.6. The van der Waals surface area contributed by atoms with Gasteiger partial charge in [-0.25, -0.2) is 4.79 Å². The van der Waals surface area contributed by atoms with Gasteiger partial charge < -0.3 is 25.6 Å². The lowest BCUT2D eigenvalue weighted by atomic mass is 10.1. The lowest BCUT2D eigenvalue weighted by Crippen LogP contribution is -2.74. The Hall–Kier alpha value is -3.77. The summed E-state index contributed by atoms with van der Waals surface area (Å²) >= 11 is 1.21. The number of benzene rings is 1. The number of carbonyl (C=O) groups is 5. The van der Waals surface area contributed by atoms with Crippen LogP contribution >= 0.6 is 11.3 Å². The Bertz CT molecular complexity index is 1090. The molecule has 2 aromatic rings. The maximum Gasteiger partial charge on any atom is 0.325 e. The van der Waals surface area contributed by atoms with Crippen molar-refractivity contribution in [2.75, 3.05) is 31.6 Å². The highest BCUT2D eigenvalue weighted by Crippen LogP contribution is 2.23. The minimum atomic E-state index is -1.52. The van der Waals surface area contributed by atoms with Gasteiger partial charge in [-0.15, -0.1) is 11.3 Å². The van der Waals surface area contributed by atoms with Crippen molar-refractivity contribution < 1.29 is 28.7 Å². The summed E-state index contributed by atoms with van der Waals surface area (Å²) in [5.74, 6) is -3.04. The first-order chi connectivity index (χ1) is 15.9. The number of nitrogens with one attached hydrogen (secondary N) is 3. The number of methoxy groups -OCH3 is 1. The van der Waals surface area contributed by atoms with Gasteiger partial charge in [0.25, 0.3) is 11.8 Å². The molecule has 0 aliphatic carbocycles. The number of ether oxygens (including phenoxy) is 1. The van der Waals surface area contributed by atoms with E-state index in [2.05, 4.69) is 16.0 Å². The number of nitrogens with zero attached hydrogens (tertiary/aromatic N) is 2. The maximum atomic E-state index is 13.0. The topological polar surface area (TPSA) is 137 Å². The summed E-state index contributed by atoms with van der Waals surface area (Å²) < 4.78 is 5.16. The number of thiophene rings is 1. The van der Waals surface area contributed by atoms with E-state index in [4.69, 9.17) is 4.74 Å². The van der Waals surface area contributed by atoms with Gasteiger partial charge in [-0.3, -0.25) is 24.1 Å². The Morgan fingerprint density at radius 1 is 1.09 bits per heavy atom. The SMILES string of the molecule is COC1(NC(=O)C(NC(=O)N2CCN(c3ccccc3)C(=O)C2=O)c2cccs2)CNC1=O. The van der Waals surface area contributed by atoms with Crippen molar-refractivity contribution in [2.45, 2.75) is 11.8 Å². The number of anilines is 1. The Labute approximate surface area is 192 Å². The number of hydrogen-bond donors (Lipinski definition) is 3. The highest BCUT2D eigenvalue weighted by molar-refractivity contribution is 7.10. The molecule has 1 aromatic heterocycles. The van der Waals surface area contributed by atoms with Crippen LogP contribution in [0.3, 0.4) is 0 Å². The first kappa shape index (κ1) is 22.4. The number of piperazine rings is 1. The van der Waals surface area contributed by atoms with Gasteiger partial charge in [0.05, 0.1) is 6.54 Å². The first-order valence-electron chi connectivity index (χ1n) is 10.0. The minimum Gasteiger partial charge on any atom is -0.349 e. The van der Waals surface area contributed by atoms with Crippen LogP contribution in [0.25, 0.3) is 0 Å². The molecular formula is C21H21N5O6S. The number of β-lactam (4-membered cyclic amide) rings is 1. The van der Waals surface area contributed by atoms with Crippen molar-refractivity contribution in [1.82, 2.24) is 20.9 Å². The van der Waals surface area contributed by atoms with E-state index in [1.807, 2.05) is 0 Å². The van der Waals surface area contributed by atoms with Crippen LogP contribution < -0.4 is 20.9 Å². The normalized spacial score (nSPS) is 21.2. The molecule has 6 amide bonds. The van der Waals surface area contributed by atoms with Gasteiger partial charge >= 0.3 is 17.8 Å². The molecule has 0 saturated carbocycles. The van der Waals surface area contributed by atoms with Crippen molar-refractivity contribution in [2.24, 2.45) is 0 Å². The number of amides is 6. The average Bonchev–Trinajstić information content (AvgIpc) is 3.36. The monoisotopic (exact) mass is 471 g/mol. The predicted molar refractivity (Wildman–Crippen MR) is 117 cm³/mol. The standard InChI is InChI=1S/C21H21N5O6S/c1-32-21(12-22-19(21)30)24-16(27)15(14-8-5-11-33-14)23-20(31)26-10-9-25(17(28)18(26)29)13-6-3-2-4-7-13/h2-8,11,15H,9-10,12H2,1H3,(H,22,30)(H,23,31)(H,24,27). The fraction of sp³-hybridized carbons (Fsp3) is 0.286. The van der Waals surface area contributed by atoms with E-state index < -0.39 is 41.4 Å². The van der Waals surface area contributed by atoms with Gasteiger partial charge in [-0.2, -0.15) is 0 Å². The van der Waals surface area contributed by atoms with Crippen molar-refractivity contribution in [3.8, 4) is 0 Å². The summed E-state index contributed by atoms with van der Waals surface area (Å²) in [7, 11) is 1.29. The van der Waals surface area contributed by atoms with E-state index in [1.54, 1.807) is 47.8 Å². The number of carbonyl (C=O) groups excluding carboxylic acids is 5. The zero-order chi connectivity index (χ0) is 23.6. The first-order valence-corrected chi connectivity index (χ1v) is 10.9. The molecule has 0 bridgehead atoms. The van der Waals surface area contributed by atoms with Crippen LogP contribution in [0.15, 0.2) is 47.8 Å². The fourth-order valence-electron chi connectivity index (χ4n) is 3.51. The molecule has 172 valence electrons. The lowest BCUT2D eigenvalue weighted by Gasteiger charge is -2.40. The van der Waals surface area contributed by atoms with Crippen LogP contribution in [0.1, 0.15) is 10.9 Å². The summed E-state index contributed by atoms with van der Waals surface area (Å²) in [5.41, 5.74) is -0.972. The Kier molecular flexibility index (Phi) is 6.11. The molecule has 2 aliphatic heterocycles. The molecule has 12 heteroatoms. The predicted octanol–water partition coefficient (Wildman–Crippen LogP) is -0.0371. The molecule has 0 spiro atoms. The highest BCUT2D eigenvalue weighted by Gasteiger charge is 2.49. The maximum absolute atomic E-state index is 13.0. The van der Waals surface area contributed by atoms with Gasteiger partial charge in [0.15, 0.2) is 0 Å². The molecule has 2 atom stereocenters. The third-order valence-electron chi connectivity index (χ3n) is 5.43. The Balaban J connectivity index is 1.48. The van der Waals surface area contributed by atoms with Crippen LogP contribution in [0.5, 0.6) is 0 Å². The molecule has 2 saturated heterocycles. The molecule has 2 fully saturated rings. The second-order valence-corrected chi connectivity index (χ2v) is 8.33. The van der Waals surface area contributed by atoms with E-state index in [1.165, 1.54) is 23.3 Å². The Morgan fingerprint density at radius 2 is 1.85 bits per heavy atom. The molecule has 3 heterocycles. The van der Waals surface area contributed by atoms with Crippen molar-refractivity contribution >= 4 is 46.7 Å². The quantitative estimate of drug-likeness (QED) is 0.307. The molecule has 11 nitrogen and oxygen atoms in total. The molecule has 4 rings (SSSR count). The number of urea groups is 1. The van der Waals surface area contributed by atoms with E-state index in [-0.39, 0.29) is 19.6 Å². The van der Waals surface area contributed by atoms with Crippen LogP contribution in [0, 0.1) is 0 Å². The molecule has 1 aromatic carbocycles. The van der Waals surface area contributed by atoms with Crippen molar-refractivity contribution in [1.29, 1.82) is 0 Å². The van der Waals surface area contributed by atoms with Crippen LogP contribution in [-0.2, 0) is 23.9 Å². The smallest absolute Gasteiger partial charge is 0.325 e. The molecule has 2 aliphatic rings. The molecular weight excluding hydrogens is 450 g/mol. The average molecular weight is 471 g/mol. The second-order valence-electron chi connectivity index (χ2n) is 7.35. The number of imide groups is 1. The molecule has 2 unspecified atom stereocenters. The van der Waals surface area contributed by atoms with Crippen molar-refractivity contribution in [3.63, 3.8) is 0 Å². The minimum absolute atomic E-state index is 0.0471. The van der Waals surface area contributed by atoms with Gasteiger partial charge in [0, 0.05) is 30.8 Å². The largest absolute Gasteiger partial charge is 0.349 e. The van der Waals surface area contributed by atoms with E-state index >= 15 is 0 Å². The highest BCUT2D eigenvalue weighted by atomic mass is 32.1. The van der Waals surface area contributed by atoms with Gasteiger partial charge in [0.2, 0.25) is 5.72 Å². The summed E-state index contributed by atoms with van der Waals surface area (Å²) in [5, 5.41) is 9.24. The number of hydrogen-bond acceptors (Lipinski definition) is 7. The number of para-hydroxylation sites is 1. The van der Waals surface area contributed by atoms with E-state index in [0.29, 0.717) is 10.6 Å². The Morgan fingerprint density at radius 3 is 2.42 bits per heavy atom. The molecule has 33 heavy (non-hydrogen) atoms. The zero-order valence-corrected chi connectivity index (χ0v) is 18.4. The van der Waals surface area contributed by atoms with Crippen LogP contribution in [-0.4, -0.2) is 67.0 Å². The van der Waals surface area contributed by atoms with Gasteiger partial charge in [-0.1, -0.05) is 24.3 Å². The van der Waals surface area contributed by atoms with Crippen LogP contribution in [0.4, 0.5) is 10.5 Å². The number of rotatable bonds is 6. The van der Waals surface area contributed by atoms with Gasteiger partial charge in [0.1, 0.15) is 6.04 Å². The van der Waals surface area contributed by atoms with E-state index in [0.717, 1.165) is 4.90 Å². The van der Waals surface area contributed by atoms with Gasteiger partial charge in [-0.05, 0) is 23.6 Å². The fourth-order valence-corrected chi connectivity index (χ4v) is 4.29. The molecule has 3 N–H and O–H groups in total. The summed E-state index contributed by atoms with van der Waals surface area (Å²) in [6.45, 7) is 0.146. The van der Waals surface area contributed by atoms with Crippen LogP contribution in [0.2, 0.25) is 0 Å². The third kappa shape index (κ3) is 4.17. The third-order valence-corrected chi connectivity index (χ3v) is 6.37. The summed E-state index contributed by atoms with van der Waals surface area (Å²) in [6, 6.07) is 9.90. The lowest BCUT2D eigenvalue weighted by molar-refractivity contribution is -0.167.